The van der Waals surface area contributed by atoms with Crippen LogP contribution in [-0.4, -0.2) is 51.7 Å². The second-order valence-electron chi connectivity index (χ2n) is 9.64. The van der Waals surface area contributed by atoms with E-state index in [1.165, 1.54) is 16.3 Å². The molecule has 0 atom stereocenters. The van der Waals surface area contributed by atoms with Gasteiger partial charge in [0.05, 0.1) is 16.3 Å². The van der Waals surface area contributed by atoms with E-state index >= 15 is 0 Å². The molecule has 0 aliphatic carbocycles. The summed E-state index contributed by atoms with van der Waals surface area (Å²) in [6.07, 6.45) is 5.35. The zero-order valence-corrected chi connectivity index (χ0v) is 23.7. The molecule has 1 saturated heterocycles. The van der Waals surface area contributed by atoms with Crippen LogP contribution in [0, 0.1) is 0 Å². The molecular formula is C31H40N4O2S. The SMILES string of the molecule is CCN(Cc1ccccc1)c1ccc(C=Nc2cc(S(=O)(=O)N(CC)CC)ccc2N2CCCCC2)cc1. The Bertz CT molecular complexity index is 1300. The number of nitrogens with zero attached hydrogens (tertiary/aromatic N) is 4. The summed E-state index contributed by atoms with van der Waals surface area (Å²) in [6, 6.07) is 24.3. The maximum Gasteiger partial charge on any atom is 0.243 e. The predicted octanol–water partition coefficient (Wildman–Crippen LogP) is 6.48. The molecule has 1 aliphatic heterocycles. The molecule has 0 aromatic heterocycles. The molecule has 202 valence electrons. The highest BCUT2D eigenvalue weighted by Crippen LogP contribution is 2.34. The molecule has 4 rings (SSSR count). The number of anilines is 2. The van der Waals surface area contributed by atoms with Crippen LogP contribution in [0.4, 0.5) is 17.1 Å². The minimum absolute atomic E-state index is 0.295. The van der Waals surface area contributed by atoms with Gasteiger partial charge in [-0.3, -0.25) is 4.99 Å². The minimum Gasteiger partial charge on any atom is -0.370 e. The third-order valence-electron chi connectivity index (χ3n) is 7.20. The van der Waals surface area contributed by atoms with Gasteiger partial charge in [-0.25, -0.2) is 8.42 Å². The lowest BCUT2D eigenvalue weighted by Crippen LogP contribution is -2.31. The quantitative estimate of drug-likeness (QED) is 0.265. The first-order valence-electron chi connectivity index (χ1n) is 13.8. The van der Waals surface area contributed by atoms with Crippen LogP contribution in [0.25, 0.3) is 0 Å². The van der Waals surface area contributed by atoms with Crippen LogP contribution in [0.15, 0.2) is 82.7 Å². The third kappa shape index (κ3) is 6.63. The Balaban J connectivity index is 1.60. The summed E-state index contributed by atoms with van der Waals surface area (Å²) in [5.41, 5.74) is 5.12. The van der Waals surface area contributed by atoms with Gasteiger partial charge in [-0.05, 0) is 67.6 Å². The van der Waals surface area contributed by atoms with Crippen molar-refractivity contribution >= 4 is 33.3 Å². The number of hydrogen-bond acceptors (Lipinski definition) is 5. The van der Waals surface area contributed by atoms with E-state index in [4.69, 9.17) is 4.99 Å². The van der Waals surface area contributed by atoms with Crippen molar-refractivity contribution in [2.75, 3.05) is 42.5 Å². The molecule has 0 unspecified atom stereocenters. The molecule has 7 heteroatoms. The third-order valence-corrected chi connectivity index (χ3v) is 9.24. The summed E-state index contributed by atoms with van der Waals surface area (Å²) >= 11 is 0. The first kappa shape index (κ1) is 27.9. The van der Waals surface area contributed by atoms with Crippen molar-refractivity contribution in [3.05, 3.63) is 83.9 Å². The van der Waals surface area contributed by atoms with Crippen molar-refractivity contribution in [2.45, 2.75) is 51.5 Å². The van der Waals surface area contributed by atoms with E-state index in [1.807, 2.05) is 32.2 Å². The normalized spacial score (nSPS) is 14.4. The molecule has 0 bridgehead atoms. The number of aliphatic imine (C=N–C) groups is 1. The van der Waals surface area contributed by atoms with Crippen molar-refractivity contribution in [2.24, 2.45) is 4.99 Å². The Labute approximate surface area is 228 Å². The number of hydrogen-bond donors (Lipinski definition) is 0. The van der Waals surface area contributed by atoms with Gasteiger partial charge in [0, 0.05) is 51.2 Å². The molecule has 0 radical (unpaired) electrons. The van der Waals surface area contributed by atoms with E-state index in [2.05, 4.69) is 65.3 Å². The summed E-state index contributed by atoms with van der Waals surface area (Å²) < 4.78 is 27.9. The smallest absolute Gasteiger partial charge is 0.243 e. The van der Waals surface area contributed by atoms with Gasteiger partial charge in [-0.15, -0.1) is 0 Å². The molecular weight excluding hydrogens is 492 g/mol. The Kier molecular flexibility index (Phi) is 9.58. The fraction of sp³-hybridized carbons (Fsp3) is 0.387. The van der Waals surface area contributed by atoms with Crippen LogP contribution >= 0.6 is 0 Å². The fourth-order valence-corrected chi connectivity index (χ4v) is 6.47. The van der Waals surface area contributed by atoms with Crippen LogP contribution in [-0.2, 0) is 16.6 Å². The van der Waals surface area contributed by atoms with Gasteiger partial charge in [0.1, 0.15) is 0 Å². The number of benzene rings is 3. The molecule has 0 N–H and O–H groups in total. The Hall–Kier alpha value is -3.16. The number of rotatable bonds is 11. The number of piperidine rings is 1. The van der Waals surface area contributed by atoms with Gasteiger partial charge in [-0.2, -0.15) is 4.31 Å². The molecule has 38 heavy (non-hydrogen) atoms. The van der Waals surface area contributed by atoms with Crippen molar-refractivity contribution < 1.29 is 8.42 Å². The molecule has 3 aromatic rings. The van der Waals surface area contributed by atoms with Crippen molar-refractivity contribution in [1.82, 2.24) is 4.31 Å². The first-order valence-corrected chi connectivity index (χ1v) is 15.2. The minimum atomic E-state index is -3.56. The summed E-state index contributed by atoms with van der Waals surface area (Å²) in [7, 11) is -3.56. The van der Waals surface area contributed by atoms with Crippen LogP contribution in [0.5, 0.6) is 0 Å². The Morgan fingerprint density at radius 2 is 1.53 bits per heavy atom. The van der Waals surface area contributed by atoms with Gasteiger partial charge in [0.2, 0.25) is 10.0 Å². The van der Waals surface area contributed by atoms with E-state index < -0.39 is 10.0 Å². The standard InChI is InChI=1S/C31H40N4O2S/c1-4-33(25-27-13-9-7-10-14-27)28-17-15-26(16-18-28)24-32-30-23-29(38(36,37)35(5-2)6-3)19-20-31(30)34-21-11-8-12-22-34/h7,9-10,13-20,23-24H,4-6,8,11-12,21-22,25H2,1-3H3. The van der Waals surface area contributed by atoms with Gasteiger partial charge >= 0.3 is 0 Å². The van der Waals surface area contributed by atoms with Crippen LogP contribution in [0.2, 0.25) is 0 Å². The highest BCUT2D eigenvalue weighted by Gasteiger charge is 2.24. The largest absolute Gasteiger partial charge is 0.370 e. The van der Waals surface area contributed by atoms with E-state index in [0.717, 1.165) is 56.0 Å². The molecule has 3 aromatic carbocycles. The molecule has 0 spiro atoms. The average molecular weight is 533 g/mol. The maximum absolute atomic E-state index is 13.2. The second-order valence-corrected chi connectivity index (χ2v) is 11.6. The van der Waals surface area contributed by atoms with Gasteiger partial charge in [0.25, 0.3) is 0 Å². The zero-order chi connectivity index (χ0) is 27.0. The first-order chi connectivity index (χ1) is 18.5. The van der Waals surface area contributed by atoms with E-state index in [-0.39, 0.29) is 0 Å². The molecule has 6 nitrogen and oxygen atoms in total. The lowest BCUT2D eigenvalue weighted by atomic mass is 10.1. The zero-order valence-electron chi connectivity index (χ0n) is 22.9. The van der Waals surface area contributed by atoms with E-state index in [0.29, 0.717) is 23.7 Å². The summed E-state index contributed by atoms with van der Waals surface area (Å²) in [5, 5.41) is 0. The topological polar surface area (TPSA) is 56.2 Å². The van der Waals surface area contributed by atoms with Gasteiger partial charge < -0.3 is 9.80 Å². The highest BCUT2D eigenvalue weighted by atomic mass is 32.2. The van der Waals surface area contributed by atoms with Crippen molar-refractivity contribution in [3.8, 4) is 0 Å². The molecule has 0 saturated carbocycles. The lowest BCUT2D eigenvalue weighted by Gasteiger charge is -2.30. The molecule has 1 aliphatic rings. The molecule has 0 amide bonds. The summed E-state index contributed by atoms with van der Waals surface area (Å²) in [5.74, 6) is 0. The van der Waals surface area contributed by atoms with Crippen LogP contribution < -0.4 is 9.80 Å². The summed E-state index contributed by atoms with van der Waals surface area (Å²) in [6.45, 7) is 10.5. The van der Waals surface area contributed by atoms with Gasteiger partial charge in [0.15, 0.2) is 0 Å². The fourth-order valence-electron chi connectivity index (χ4n) is 4.99. The van der Waals surface area contributed by atoms with Crippen LogP contribution in [0.1, 0.15) is 51.2 Å². The Morgan fingerprint density at radius 3 is 2.16 bits per heavy atom. The monoisotopic (exact) mass is 532 g/mol. The molecule has 1 fully saturated rings. The molecule has 1 heterocycles. The lowest BCUT2D eigenvalue weighted by molar-refractivity contribution is 0.445. The number of sulfonamides is 1. The summed E-state index contributed by atoms with van der Waals surface area (Å²) in [4.78, 5) is 9.80. The Morgan fingerprint density at radius 1 is 0.842 bits per heavy atom. The van der Waals surface area contributed by atoms with E-state index in [1.54, 1.807) is 12.1 Å². The van der Waals surface area contributed by atoms with Crippen molar-refractivity contribution in [1.29, 1.82) is 0 Å². The second kappa shape index (κ2) is 13.1. The van der Waals surface area contributed by atoms with Crippen LogP contribution in [0.3, 0.4) is 0 Å². The van der Waals surface area contributed by atoms with Gasteiger partial charge in [-0.1, -0.05) is 56.3 Å². The highest BCUT2D eigenvalue weighted by molar-refractivity contribution is 7.89. The predicted molar refractivity (Wildman–Crippen MR) is 159 cm³/mol. The maximum atomic E-state index is 13.2. The van der Waals surface area contributed by atoms with Crippen molar-refractivity contribution in [3.63, 3.8) is 0 Å². The average Bonchev–Trinajstić information content (AvgIpc) is 2.96. The van der Waals surface area contributed by atoms with E-state index in [9.17, 15) is 8.42 Å².